The molecule has 0 unspecified atom stereocenters. The molecule has 0 atom stereocenters. The highest BCUT2D eigenvalue weighted by atomic mass is 127. The van der Waals surface area contributed by atoms with Crippen LogP contribution in [0, 0.1) is 57.6 Å². The van der Waals surface area contributed by atoms with Crippen LogP contribution in [0.3, 0.4) is 0 Å². The Kier molecular flexibility index (Phi) is 60.4. The molecule has 13 aromatic rings. The van der Waals surface area contributed by atoms with Gasteiger partial charge >= 0.3 is 11.9 Å². The molecular formula is C107H133F5I8N8O15Si3. The molecule has 0 spiro atoms. The fourth-order valence-corrected chi connectivity index (χ4v) is 19.4. The van der Waals surface area contributed by atoms with Crippen LogP contribution in [0.15, 0.2) is 277 Å². The summed E-state index contributed by atoms with van der Waals surface area (Å²) in [4.78, 5) is 127. The highest BCUT2D eigenvalue weighted by Gasteiger charge is 2.35. The van der Waals surface area contributed by atoms with E-state index in [1.807, 2.05) is 168 Å². The molecule has 8 aromatic heterocycles. The molecule has 39 heteroatoms. The third-order valence-corrected chi connectivity index (χ3v) is 30.7. The molecule has 0 bridgehead atoms. The second kappa shape index (κ2) is 64.5. The Bertz CT molecular complexity index is 6790. The second-order valence-electron chi connectivity index (χ2n) is 37.7. The lowest BCUT2D eigenvalue weighted by Crippen LogP contribution is -2.41. The number of hydrogen-bond acceptors (Lipinski definition) is 15. The molecule has 0 aliphatic rings. The summed E-state index contributed by atoms with van der Waals surface area (Å²) in [5.74, 6) is -2.44. The first-order valence-electron chi connectivity index (χ1n) is 43.7. The summed E-state index contributed by atoms with van der Waals surface area (Å²) in [6, 6.07) is 37.0. The standard InChI is InChI=1S/C19H21FINO3.C17H17FINO3.C17H22FNO2Si.C11H7FINO.C11H8FNO.C11H17I2NO2Si.C11H18INO2Si.C5H3I2NO.5CH4/c1-18(2,3)25-17(24)19(4,5)22-10-14(16(23)15(21)11-22)12-6-8-13(20)9-7-12;1-17(2,3)23-15(21)10-20-8-13(16(22)14(19)9-20)11-4-6-12(18)7-5-11;1-22(2,3)11-10-21-13-19-9-8-17(20)16(12-19)14-4-6-15(18)7-5-14;12-8-3-1-7(2-4-8)9-5-14-6-10(13)11(9)15;12-9-3-1-8(2-4-9)10-7-13-6-5-11(10)14;1-17(2,3)5-4-16-8-14-6-9(12)11(15)10(13)7-14;1-16(2,3)7-6-15-9-13-5-4-11(14)10(12)8-13;6-3-1-8-2-4(7)5(3)9;;;;;/h6-11H,1-5H3;4-9H,10H2,1-3H3;4-9,12H,10-11,13H2,1-3H3;1-6H,(H,14,15);1-7H,(H,13,14);6-7H,4-5,8H2,1-3H3;4-5,8H,6-7,9H2,1-3H3;1-2H,(H,8,9);5*1H4. The number of halogens is 13. The van der Waals surface area contributed by atoms with Crippen molar-refractivity contribution in [3.8, 4) is 55.6 Å². The highest BCUT2D eigenvalue weighted by molar-refractivity contribution is 14.1. The first-order chi connectivity index (χ1) is 65.8. The summed E-state index contributed by atoms with van der Waals surface area (Å²) < 4.78 is 106. The van der Waals surface area contributed by atoms with Crippen molar-refractivity contribution in [1.82, 2.24) is 37.8 Å². The highest BCUT2D eigenvalue weighted by Crippen LogP contribution is 2.28. The summed E-state index contributed by atoms with van der Waals surface area (Å²) in [5, 5.41) is 0. The van der Waals surface area contributed by atoms with Crippen molar-refractivity contribution in [2.45, 2.75) is 213 Å². The number of nitrogens with one attached hydrogen (secondary N) is 3. The van der Waals surface area contributed by atoms with Crippen LogP contribution in [0.4, 0.5) is 22.0 Å². The Morgan fingerprint density at radius 2 is 0.603 bits per heavy atom. The minimum atomic E-state index is -1.09. The summed E-state index contributed by atoms with van der Waals surface area (Å²) in [6.45, 7) is 39.0. The minimum absolute atomic E-state index is 0. The molecule has 0 aliphatic carbocycles. The molecule has 3 N–H and O–H groups in total. The number of esters is 2. The predicted octanol–water partition coefficient (Wildman–Crippen LogP) is 27.8. The van der Waals surface area contributed by atoms with E-state index in [-0.39, 0.29) is 122 Å². The molecular weight excluding hydrogens is 2830 g/mol. The van der Waals surface area contributed by atoms with Gasteiger partial charge in [0.1, 0.15) is 72.6 Å². The van der Waals surface area contributed by atoms with Gasteiger partial charge in [0.25, 0.3) is 0 Å². The van der Waals surface area contributed by atoms with Crippen molar-refractivity contribution in [2.75, 3.05) is 19.8 Å². The predicted molar refractivity (Wildman–Crippen MR) is 660 cm³/mol. The summed E-state index contributed by atoms with van der Waals surface area (Å²) in [6.07, 6.45) is 26.9. The average Bonchev–Trinajstić information content (AvgIpc) is 0.778. The van der Waals surface area contributed by atoms with Gasteiger partial charge in [-0.15, -0.1) is 0 Å². The van der Waals surface area contributed by atoms with Gasteiger partial charge in [-0.2, -0.15) is 0 Å². The lowest BCUT2D eigenvalue weighted by Gasteiger charge is -2.31. The van der Waals surface area contributed by atoms with Crippen molar-refractivity contribution in [3.63, 3.8) is 0 Å². The van der Waals surface area contributed by atoms with Crippen molar-refractivity contribution < 1.29 is 55.2 Å². The van der Waals surface area contributed by atoms with Crippen LogP contribution in [-0.4, -0.2) is 105 Å². The molecule has 794 valence electrons. The normalized spacial score (nSPS) is 10.9. The minimum Gasteiger partial charge on any atom is -0.459 e. The van der Waals surface area contributed by atoms with E-state index in [0.29, 0.717) is 81.0 Å². The summed E-state index contributed by atoms with van der Waals surface area (Å²) in [7, 11) is -3.11. The maximum absolute atomic E-state index is 13.2. The zero-order chi connectivity index (χ0) is 105. The molecule has 5 aromatic carbocycles. The van der Waals surface area contributed by atoms with Crippen LogP contribution < -0.4 is 43.4 Å². The largest absolute Gasteiger partial charge is 0.459 e. The van der Waals surface area contributed by atoms with Gasteiger partial charge in [-0.25, -0.2) is 26.7 Å². The van der Waals surface area contributed by atoms with E-state index in [4.69, 9.17) is 23.7 Å². The molecule has 0 fully saturated rings. The van der Waals surface area contributed by atoms with Crippen LogP contribution in [0.25, 0.3) is 55.6 Å². The molecule has 0 amide bonds. The monoisotopic (exact) mass is 2960 g/mol. The Labute approximate surface area is 965 Å². The first-order valence-corrected chi connectivity index (χ1v) is 63.5. The molecule has 0 saturated heterocycles. The van der Waals surface area contributed by atoms with Gasteiger partial charge in [-0.1, -0.05) is 157 Å². The number of aromatic nitrogens is 8. The van der Waals surface area contributed by atoms with Gasteiger partial charge < -0.3 is 61.5 Å². The van der Waals surface area contributed by atoms with Crippen LogP contribution in [0.5, 0.6) is 0 Å². The van der Waals surface area contributed by atoms with Crippen molar-refractivity contribution in [1.29, 1.82) is 0 Å². The Morgan fingerprint density at radius 1 is 0.308 bits per heavy atom. The van der Waals surface area contributed by atoms with Crippen molar-refractivity contribution >= 4 is 217 Å². The Balaban J connectivity index is 0.000000841. The van der Waals surface area contributed by atoms with E-state index < -0.39 is 46.9 Å². The number of hydrogen-bond donors (Lipinski definition) is 3. The quantitative estimate of drug-likeness (QED) is 0.0167. The van der Waals surface area contributed by atoms with E-state index in [0.717, 1.165) is 49.3 Å². The molecule has 0 radical (unpaired) electrons. The number of aromatic amines is 3. The third kappa shape index (κ3) is 49.4. The molecule has 8 heterocycles. The number of benzene rings is 5. The number of H-pyrrole nitrogens is 3. The Morgan fingerprint density at radius 3 is 0.986 bits per heavy atom. The fraction of sp³-hybridized carbons (Fsp3) is 0.327. The number of carbonyl (C=O) groups excluding carboxylic acids is 2. The topological polar surface area (TPSA) is 289 Å². The summed E-state index contributed by atoms with van der Waals surface area (Å²) in [5.41, 5.74) is 3.41. The number of carbonyl (C=O) groups is 2. The van der Waals surface area contributed by atoms with E-state index >= 15 is 0 Å². The van der Waals surface area contributed by atoms with Crippen molar-refractivity contribution in [2.24, 2.45) is 0 Å². The van der Waals surface area contributed by atoms with Crippen LogP contribution in [0.2, 0.25) is 77.1 Å². The molecule has 146 heavy (non-hydrogen) atoms. The molecule has 0 aliphatic heterocycles. The van der Waals surface area contributed by atoms with Gasteiger partial charge in [0, 0.05) is 189 Å². The van der Waals surface area contributed by atoms with E-state index in [1.54, 1.807) is 212 Å². The van der Waals surface area contributed by atoms with E-state index in [1.165, 1.54) is 84.9 Å². The number of nitrogens with zero attached hydrogens (tertiary/aromatic N) is 5. The maximum atomic E-state index is 13.2. The third-order valence-electron chi connectivity index (χ3n) is 19.3. The van der Waals surface area contributed by atoms with Crippen LogP contribution in [0.1, 0.15) is 92.5 Å². The molecule has 0 saturated carbocycles. The second-order valence-corrected chi connectivity index (χ2v) is 63.8. The Hall–Kier alpha value is -7.34. The molecule has 23 nitrogen and oxygen atoms in total. The van der Waals surface area contributed by atoms with Gasteiger partial charge in [0.2, 0.25) is 27.1 Å². The lowest BCUT2D eigenvalue weighted by atomic mass is 10.0. The number of ether oxygens (including phenoxy) is 5. The maximum Gasteiger partial charge on any atom is 0.332 e. The van der Waals surface area contributed by atoms with Crippen molar-refractivity contribution in [3.05, 3.63) is 378 Å². The van der Waals surface area contributed by atoms with Gasteiger partial charge in [0.15, 0.2) is 16.3 Å². The zero-order valence-electron chi connectivity index (χ0n) is 80.9. The zero-order valence-corrected chi connectivity index (χ0v) is 101. The lowest BCUT2D eigenvalue weighted by molar-refractivity contribution is -0.164. The van der Waals surface area contributed by atoms with Gasteiger partial charge in [0.05, 0.1) is 28.6 Å². The molecule has 13 rings (SSSR count). The smallest absolute Gasteiger partial charge is 0.332 e. The van der Waals surface area contributed by atoms with E-state index in [2.05, 4.69) is 119 Å². The first kappa shape index (κ1) is 137. The van der Waals surface area contributed by atoms with Crippen LogP contribution >= 0.6 is 181 Å². The van der Waals surface area contributed by atoms with Gasteiger partial charge in [-0.05, 0) is 343 Å². The SMILES string of the molecule is C.C.C.C.C.CC(C)(C)OC(=O)C(C)(C)n1cc(I)c(=O)c(-c2ccc(F)cc2)c1.CC(C)(C)OC(=O)Cn1cc(I)c(=O)c(-c2ccc(F)cc2)c1.C[Si](C)(C)CCOCn1cc(I)c(=O)c(I)c1.C[Si](C)(C)CCOCn1ccc(=O)c(-c2ccc(F)cc2)c1.C[Si](C)(C)CCOCn1ccc(=O)c(I)c1.O=c1c(I)c[nH]cc1-c1ccc(F)cc1.O=c1c(I)c[nH]cc1I.O=c1cc[nH]cc1-c1ccc(F)cc1. The fourth-order valence-electron chi connectivity index (χ4n) is 11.6. The van der Waals surface area contributed by atoms with Crippen LogP contribution in [-0.2, 0) is 65.5 Å². The van der Waals surface area contributed by atoms with Gasteiger partial charge in [-0.3, -0.25) is 43.2 Å². The summed E-state index contributed by atoms with van der Waals surface area (Å²) >= 11 is 16.0. The van der Waals surface area contributed by atoms with E-state index in [9.17, 15) is 69.9 Å². The number of rotatable bonds is 24. The average molecular weight is 2970 g/mol. The number of pyridine rings is 8.